The lowest BCUT2D eigenvalue weighted by Gasteiger charge is -2.18. The van der Waals surface area contributed by atoms with Crippen LogP contribution in [0.1, 0.15) is 54.6 Å². The highest BCUT2D eigenvalue weighted by atomic mass is 16.3. The Kier molecular flexibility index (Phi) is 6.17. The van der Waals surface area contributed by atoms with Gasteiger partial charge in [-0.3, -0.25) is 4.79 Å². The lowest BCUT2D eigenvalue weighted by Crippen LogP contribution is -2.23. The number of benzene rings is 2. The van der Waals surface area contributed by atoms with E-state index in [0.29, 0.717) is 18.5 Å². The first kappa shape index (κ1) is 19.4. The SMILES string of the molecule is CC(C)(O)CCc1cccc(C(=O)NCc2cccc(N3CCCC3)c2)c1. The number of hydrogen-bond donors (Lipinski definition) is 2. The molecule has 0 saturated carbocycles. The monoisotopic (exact) mass is 366 g/mol. The second-order valence-corrected chi connectivity index (χ2v) is 8.06. The summed E-state index contributed by atoms with van der Waals surface area (Å²) in [6.07, 6.45) is 3.93. The van der Waals surface area contributed by atoms with Gasteiger partial charge in [0.2, 0.25) is 0 Å². The second kappa shape index (κ2) is 8.57. The number of aryl methyl sites for hydroxylation is 1. The predicted molar refractivity (Wildman–Crippen MR) is 110 cm³/mol. The third kappa shape index (κ3) is 5.83. The maximum Gasteiger partial charge on any atom is 0.251 e. The quantitative estimate of drug-likeness (QED) is 0.781. The minimum absolute atomic E-state index is 0.0633. The van der Waals surface area contributed by atoms with E-state index in [-0.39, 0.29) is 5.91 Å². The highest BCUT2D eigenvalue weighted by Gasteiger charge is 2.14. The molecule has 0 unspecified atom stereocenters. The van der Waals surface area contributed by atoms with Gasteiger partial charge in [-0.1, -0.05) is 24.3 Å². The van der Waals surface area contributed by atoms with Gasteiger partial charge >= 0.3 is 0 Å². The van der Waals surface area contributed by atoms with E-state index < -0.39 is 5.60 Å². The standard InChI is InChI=1S/C23H30N2O2/c1-23(2,27)12-11-18-7-5-9-20(15-18)22(26)24-17-19-8-6-10-21(16-19)25-13-3-4-14-25/h5-10,15-16,27H,3-4,11-14,17H2,1-2H3,(H,24,26). The zero-order valence-corrected chi connectivity index (χ0v) is 16.4. The maximum atomic E-state index is 12.5. The van der Waals surface area contributed by atoms with Gasteiger partial charge < -0.3 is 15.3 Å². The van der Waals surface area contributed by atoms with Crippen LogP contribution in [-0.2, 0) is 13.0 Å². The minimum Gasteiger partial charge on any atom is -0.390 e. The number of anilines is 1. The zero-order valence-electron chi connectivity index (χ0n) is 16.4. The van der Waals surface area contributed by atoms with E-state index in [1.807, 2.05) is 24.3 Å². The van der Waals surface area contributed by atoms with Crippen LogP contribution in [0.2, 0.25) is 0 Å². The van der Waals surface area contributed by atoms with Crippen molar-refractivity contribution in [3.8, 4) is 0 Å². The lowest BCUT2D eigenvalue weighted by molar-refractivity contribution is 0.0714. The number of rotatable bonds is 7. The fraction of sp³-hybridized carbons (Fsp3) is 0.435. The van der Waals surface area contributed by atoms with Gasteiger partial charge in [0.25, 0.3) is 5.91 Å². The largest absolute Gasteiger partial charge is 0.390 e. The van der Waals surface area contributed by atoms with Crippen molar-refractivity contribution in [2.24, 2.45) is 0 Å². The number of aliphatic hydroxyl groups is 1. The van der Waals surface area contributed by atoms with E-state index in [1.54, 1.807) is 13.8 Å². The van der Waals surface area contributed by atoms with Crippen LogP contribution in [0.5, 0.6) is 0 Å². The highest BCUT2D eigenvalue weighted by molar-refractivity contribution is 5.94. The number of carbonyl (C=O) groups is 1. The van der Waals surface area contributed by atoms with Gasteiger partial charge in [0.1, 0.15) is 0 Å². The van der Waals surface area contributed by atoms with Crippen molar-refractivity contribution < 1.29 is 9.90 Å². The molecule has 1 fully saturated rings. The topological polar surface area (TPSA) is 52.6 Å². The fourth-order valence-corrected chi connectivity index (χ4v) is 3.44. The van der Waals surface area contributed by atoms with Crippen LogP contribution in [0.3, 0.4) is 0 Å². The van der Waals surface area contributed by atoms with E-state index in [4.69, 9.17) is 0 Å². The summed E-state index contributed by atoms with van der Waals surface area (Å²) >= 11 is 0. The molecule has 4 nitrogen and oxygen atoms in total. The Balaban J connectivity index is 1.58. The van der Waals surface area contributed by atoms with Gasteiger partial charge in [0.05, 0.1) is 5.60 Å². The zero-order chi connectivity index (χ0) is 19.3. The molecule has 1 saturated heterocycles. The summed E-state index contributed by atoms with van der Waals surface area (Å²) in [5.74, 6) is -0.0633. The molecule has 0 spiro atoms. The van der Waals surface area contributed by atoms with Gasteiger partial charge in [0.15, 0.2) is 0 Å². The minimum atomic E-state index is -0.696. The summed E-state index contributed by atoms with van der Waals surface area (Å²) in [5, 5.41) is 12.9. The summed E-state index contributed by atoms with van der Waals surface area (Å²) in [6, 6.07) is 16.1. The van der Waals surface area contributed by atoms with Crippen molar-refractivity contribution in [3.05, 3.63) is 65.2 Å². The van der Waals surface area contributed by atoms with E-state index in [2.05, 4.69) is 34.5 Å². The first-order valence-electron chi connectivity index (χ1n) is 9.84. The van der Waals surface area contributed by atoms with Gasteiger partial charge in [-0.15, -0.1) is 0 Å². The van der Waals surface area contributed by atoms with Crippen LogP contribution in [0.15, 0.2) is 48.5 Å². The lowest BCUT2D eigenvalue weighted by atomic mass is 9.98. The Morgan fingerprint density at radius 1 is 1.07 bits per heavy atom. The summed E-state index contributed by atoms with van der Waals surface area (Å²) in [5.41, 5.74) is 3.40. The number of carbonyl (C=O) groups excluding carboxylic acids is 1. The van der Waals surface area contributed by atoms with Crippen molar-refractivity contribution in [2.75, 3.05) is 18.0 Å². The first-order valence-corrected chi connectivity index (χ1v) is 9.84. The maximum absolute atomic E-state index is 12.5. The van der Waals surface area contributed by atoms with Crippen LogP contribution in [0.4, 0.5) is 5.69 Å². The molecule has 0 radical (unpaired) electrons. The molecule has 144 valence electrons. The second-order valence-electron chi connectivity index (χ2n) is 8.06. The molecule has 0 aliphatic carbocycles. The molecule has 0 atom stereocenters. The van der Waals surface area contributed by atoms with Crippen LogP contribution in [0.25, 0.3) is 0 Å². The highest BCUT2D eigenvalue weighted by Crippen LogP contribution is 2.21. The number of nitrogens with zero attached hydrogens (tertiary/aromatic N) is 1. The Bertz CT molecular complexity index is 774. The molecule has 1 amide bonds. The Hall–Kier alpha value is -2.33. The summed E-state index contributed by atoms with van der Waals surface area (Å²) < 4.78 is 0. The predicted octanol–water partition coefficient (Wildman–Crippen LogP) is 3.92. The Morgan fingerprint density at radius 3 is 2.52 bits per heavy atom. The molecule has 0 aromatic heterocycles. The molecule has 1 heterocycles. The number of nitrogens with one attached hydrogen (secondary N) is 1. The van der Waals surface area contributed by atoms with Gasteiger partial charge in [-0.2, -0.15) is 0 Å². The summed E-state index contributed by atoms with van der Waals surface area (Å²) in [6.45, 7) is 6.37. The van der Waals surface area contributed by atoms with E-state index in [1.165, 1.54) is 18.5 Å². The third-order valence-electron chi connectivity index (χ3n) is 5.05. The smallest absolute Gasteiger partial charge is 0.251 e. The molecule has 27 heavy (non-hydrogen) atoms. The molecular formula is C23H30N2O2. The van der Waals surface area contributed by atoms with Crippen LogP contribution < -0.4 is 10.2 Å². The molecule has 0 bridgehead atoms. The van der Waals surface area contributed by atoms with Gasteiger partial charge in [-0.05, 0) is 74.9 Å². The summed E-state index contributed by atoms with van der Waals surface area (Å²) in [7, 11) is 0. The van der Waals surface area contributed by atoms with Crippen molar-refractivity contribution in [1.82, 2.24) is 5.32 Å². The van der Waals surface area contributed by atoms with Crippen molar-refractivity contribution in [1.29, 1.82) is 0 Å². The molecule has 3 rings (SSSR count). The molecule has 1 aliphatic rings. The Morgan fingerprint density at radius 2 is 1.78 bits per heavy atom. The molecule has 1 aliphatic heterocycles. The number of hydrogen-bond acceptors (Lipinski definition) is 3. The van der Waals surface area contributed by atoms with E-state index in [9.17, 15) is 9.90 Å². The van der Waals surface area contributed by atoms with Crippen LogP contribution in [-0.4, -0.2) is 29.7 Å². The third-order valence-corrected chi connectivity index (χ3v) is 5.05. The van der Waals surface area contributed by atoms with Crippen molar-refractivity contribution >= 4 is 11.6 Å². The molecule has 2 aromatic rings. The molecule has 2 aromatic carbocycles. The van der Waals surface area contributed by atoms with Gasteiger partial charge in [-0.25, -0.2) is 0 Å². The molecule has 2 N–H and O–H groups in total. The fourth-order valence-electron chi connectivity index (χ4n) is 3.44. The number of amides is 1. The molecular weight excluding hydrogens is 336 g/mol. The average molecular weight is 367 g/mol. The Labute approximate surface area is 162 Å². The van der Waals surface area contributed by atoms with Crippen LogP contribution in [0, 0.1) is 0 Å². The van der Waals surface area contributed by atoms with Crippen LogP contribution >= 0.6 is 0 Å². The first-order chi connectivity index (χ1) is 12.9. The normalized spacial score (nSPS) is 14.4. The average Bonchev–Trinajstić information content (AvgIpc) is 3.19. The van der Waals surface area contributed by atoms with Crippen molar-refractivity contribution in [2.45, 2.75) is 51.7 Å². The molecule has 4 heteroatoms. The van der Waals surface area contributed by atoms with Crippen molar-refractivity contribution in [3.63, 3.8) is 0 Å². The summed E-state index contributed by atoms with van der Waals surface area (Å²) in [4.78, 5) is 14.9. The van der Waals surface area contributed by atoms with E-state index in [0.717, 1.165) is 30.6 Å². The van der Waals surface area contributed by atoms with E-state index >= 15 is 0 Å². The van der Waals surface area contributed by atoms with Gasteiger partial charge in [0, 0.05) is 30.9 Å².